The number of aromatic nitrogens is 4. The van der Waals surface area contributed by atoms with Crippen LogP contribution in [0.25, 0.3) is 0 Å². The van der Waals surface area contributed by atoms with Crippen molar-refractivity contribution in [2.45, 2.75) is 52.0 Å². The molecule has 0 atom stereocenters. The molecule has 0 spiro atoms. The number of hydrogen-bond acceptors (Lipinski definition) is 7. The molecule has 0 aliphatic carbocycles. The maximum absolute atomic E-state index is 14.7. The third-order valence-electron chi connectivity index (χ3n) is 6.60. The molecule has 186 valence electrons. The highest BCUT2D eigenvalue weighted by atomic mass is 19.1. The largest absolute Gasteiger partial charge is 0.494 e. The number of anilines is 2. The van der Waals surface area contributed by atoms with Gasteiger partial charge < -0.3 is 15.0 Å². The van der Waals surface area contributed by atoms with E-state index in [2.05, 4.69) is 32.2 Å². The number of hydrogen-bond donors (Lipinski definition) is 1. The van der Waals surface area contributed by atoms with Gasteiger partial charge in [0.15, 0.2) is 17.3 Å². The van der Waals surface area contributed by atoms with Gasteiger partial charge in [0, 0.05) is 43.7 Å². The van der Waals surface area contributed by atoms with Gasteiger partial charge in [0.1, 0.15) is 0 Å². The molecule has 8 nitrogen and oxygen atoms in total. The maximum atomic E-state index is 14.7. The van der Waals surface area contributed by atoms with Crippen molar-refractivity contribution in [3.63, 3.8) is 0 Å². The number of aryl methyl sites for hydroxylation is 2. The zero-order valence-corrected chi connectivity index (χ0v) is 20.6. The minimum absolute atomic E-state index is 0.0435. The number of methoxy groups -OCH3 is 1. The van der Waals surface area contributed by atoms with E-state index < -0.39 is 5.82 Å². The highest BCUT2D eigenvalue weighted by molar-refractivity contribution is 5.96. The Balaban J connectivity index is 1.36. The predicted octanol–water partition coefficient (Wildman–Crippen LogP) is 4.60. The van der Waals surface area contributed by atoms with Crippen LogP contribution in [0.4, 0.5) is 16.0 Å². The molecule has 9 heteroatoms. The Kier molecular flexibility index (Phi) is 8.07. The van der Waals surface area contributed by atoms with Crippen molar-refractivity contribution in [1.82, 2.24) is 24.6 Å². The second-order valence-corrected chi connectivity index (χ2v) is 8.84. The van der Waals surface area contributed by atoms with Crippen LogP contribution >= 0.6 is 0 Å². The number of rotatable bonds is 10. The number of halogens is 1. The molecule has 3 aromatic rings. The average Bonchev–Trinajstić information content (AvgIpc) is 3.37. The molecule has 1 saturated heterocycles. The van der Waals surface area contributed by atoms with Crippen molar-refractivity contribution in [2.75, 3.05) is 32.1 Å². The molecule has 0 saturated carbocycles. The number of ether oxygens (including phenoxy) is 1. The third kappa shape index (κ3) is 6.03. The molecular weight excluding hydrogens is 447 g/mol. The van der Waals surface area contributed by atoms with Crippen molar-refractivity contribution in [2.24, 2.45) is 0 Å². The van der Waals surface area contributed by atoms with Gasteiger partial charge in [-0.2, -0.15) is 5.10 Å². The first-order chi connectivity index (χ1) is 17.0. The fraction of sp³-hybridized carbons (Fsp3) is 0.462. The van der Waals surface area contributed by atoms with E-state index in [1.165, 1.54) is 13.2 Å². The van der Waals surface area contributed by atoms with E-state index in [1.807, 2.05) is 10.9 Å². The fourth-order valence-corrected chi connectivity index (χ4v) is 4.41. The summed E-state index contributed by atoms with van der Waals surface area (Å²) in [5.74, 6) is 0.0962. The third-order valence-corrected chi connectivity index (χ3v) is 6.60. The summed E-state index contributed by atoms with van der Waals surface area (Å²) in [5.41, 5.74) is 2.63. The van der Waals surface area contributed by atoms with E-state index in [-0.39, 0.29) is 11.5 Å². The molecule has 0 radical (unpaired) electrons. The topological polar surface area (TPSA) is 85.2 Å². The monoisotopic (exact) mass is 480 g/mol. The minimum atomic E-state index is -0.434. The number of Topliss-reactive ketones (excluding diaryl/α,β-unsaturated/α-hetero) is 1. The molecule has 0 bridgehead atoms. The van der Waals surface area contributed by atoms with Gasteiger partial charge in [-0.05, 0) is 55.5 Å². The highest BCUT2D eigenvalue weighted by Gasteiger charge is 2.20. The van der Waals surface area contributed by atoms with Gasteiger partial charge in [0.2, 0.25) is 5.95 Å². The summed E-state index contributed by atoms with van der Waals surface area (Å²) in [6.07, 6.45) is 10.8. The van der Waals surface area contributed by atoms with E-state index in [0.717, 1.165) is 43.7 Å². The first kappa shape index (κ1) is 24.8. The van der Waals surface area contributed by atoms with Crippen molar-refractivity contribution < 1.29 is 13.9 Å². The summed E-state index contributed by atoms with van der Waals surface area (Å²) < 4.78 is 21.9. The van der Waals surface area contributed by atoms with Gasteiger partial charge in [0.05, 0.1) is 25.0 Å². The van der Waals surface area contributed by atoms with Crippen LogP contribution in [0.5, 0.6) is 5.75 Å². The molecule has 1 aliphatic rings. The van der Waals surface area contributed by atoms with Crippen LogP contribution in [0.1, 0.15) is 60.6 Å². The number of nitrogens with zero attached hydrogens (tertiary/aromatic N) is 5. The van der Waals surface area contributed by atoms with Gasteiger partial charge in [-0.25, -0.2) is 14.4 Å². The molecule has 0 amide bonds. The van der Waals surface area contributed by atoms with Crippen molar-refractivity contribution in [1.29, 1.82) is 0 Å². The van der Waals surface area contributed by atoms with E-state index >= 15 is 0 Å². The Hall–Kier alpha value is -3.33. The van der Waals surface area contributed by atoms with Crippen molar-refractivity contribution in [3.8, 4) is 5.75 Å². The fourth-order valence-electron chi connectivity index (χ4n) is 4.41. The van der Waals surface area contributed by atoms with Crippen LogP contribution in [-0.4, -0.2) is 57.2 Å². The highest BCUT2D eigenvalue weighted by Crippen LogP contribution is 2.26. The Labute approximate surface area is 205 Å². The Morgan fingerprint density at radius 3 is 2.54 bits per heavy atom. The summed E-state index contributed by atoms with van der Waals surface area (Å²) in [5, 5.41) is 7.73. The predicted molar refractivity (Wildman–Crippen MR) is 133 cm³/mol. The van der Waals surface area contributed by atoms with E-state index in [0.29, 0.717) is 42.4 Å². The SMILES string of the molecule is CCC(=O)c1cc(CCc2cnc(Nc3cnn(C4CCN(CC)CC4)c3)nc2)c(F)c(OC)c1. The standard InChI is InChI=1S/C26H33FN6O2/c1-4-23(34)20-12-19(25(27)24(13-20)35-3)7-6-18-14-28-26(29-15-18)31-21-16-30-33(17-21)22-8-10-32(5-2)11-9-22/h12-17,22H,4-11H2,1-3H3,(H,28,29,31). The number of carbonyl (C=O) groups excluding carboxylic acids is 1. The number of carbonyl (C=O) groups is 1. The lowest BCUT2D eigenvalue weighted by molar-refractivity contribution is 0.0987. The molecule has 1 N–H and O–H groups in total. The van der Waals surface area contributed by atoms with Crippen molar-refractivity contribution in [3.05, 3.63) is 59.4 Å². The molecule has 2 aromatic heterocycles. The van der Waals surface area contributed by atoms with Crippen LogP contribution < -0.4 is 10.1 Å². The van der Waals surface area contributed by atoms with Crippen LogP contribution in [0.2, 0.25) is 0 Å². The van der Waals surface area contributed by atoms with Crippen LogP contribution in [0, 0.1) is 5.82 Å². The molecule has 1 fully saturated rings. The van der Waals surface area contributed by atoms with Gasteiger partial charge in [-0.1, -0.05) is 13.8 Å². The smallest absolute Gasteiger partial charge is 0.227 e. The van der Waals surface area contributed by atoms with Crippen molar-refractivity contribution >= 4 is 17.4 Å². The summed E-state index contributed by atoms with van der Waals surface area (Å²) in [7, 11) is 1.40. The quantitative estimate of drug-likeness (QED) is 0.425. The lowest BCUT2D eigenvalue weighted by Gasteiger charge is -2.31. The van der Waals surface area contributed by atoms with Gasteiger partial charge >= 0.3 is 0 Å². The average molecular weight is 481 g/mol. The second kappa shape index (κ2) is 11.4. The van der Waals surface area contributed by atoms with Gasteiger partial charge in [-0.15, -0.1) is 0 Å². The molecule has 1 aromatic carbocycles. The molecule has 1 aliphatic heterocycles. The molecular formula is C26H33FN6O2. The summed E-state index contributed by atoms with van der Waals surface area (Å²) >= 11 is 0. The lowest BCUT2D eigenvalue weighted by atomic mass is 10.00. The number of piperidine rings is 1. The van der Waals surface area contributed by atoms with Gasteiger partial charge in [0.25, 0.3) is 0 Å². The number of likely N-dealkylation sites (tertiary alicyclic amines) is 1. The number of nitrogens with one attached hydrogen (secondary N) is 1. The first-order valence-electron chi connectivity index (χ1n) is 12.2. The summed E-state index contributed by atoms with van der Waals surface area (Å²) in [6.45, 7) is 7.28. The van der Waals surface area contributed by atoms with E-state index in [9.17, 15) is 9.18 Å². The Morgan fingerprint density at radius 2 is 1.89 bits per heavy atom. The molecule has 4 rings (SSSR count). The molecule has 0 unspecified atom stereocenters. The molecule has 3 heterocycles. The minimum Gasteiger partial charge on any atom is -0.494 e. The van der Waals surface area contributed by atoms with E-state index in [1.54, 1.807) is 31.6 Å². The Bertz CT molecular complexity index is 1140. The maximum Gasteiger partial charge on any atom is 0.227 e. The number of ketones is 1. The normalized spacial score (nSPS) is 14.7. The number of benzene rings is 1. The van der Waals surface area contributed by atoms with E-state index in [4.69, 9.17) is 4.74 Å². The lowest BCUT2D eigenvalue weighted by Crippen LogP contribution is -2.34. The Morgan fingerprint density at radius 1 is 1.14 bits per heavy atom. The van der Waals surface area contributed by atoms with Crippen LogP contribution in [0.3, 0.4) is 0 Å². The van der Waals surface area contributed by atoms with Crippen LogP contribution in [0.15, 0.2) is 36.9 Å². The van der Waals surface area contributed by atoms with Crippen LogP contribution in [-0.2, 0) is 12.8 Å². The molecule has 35 heavy (non-hydrogen) atoms. The second-order valence-electron chi connectivity index (χ2n) is 8.84. The van der Waals surface area contributed by atoms with Gasteiger partial charge in [-0.3, -0.25) is 9.48 Å². The first-order valence-corrected chi connectivity index (χ1v) is 12.2. The zero-order chi connectivity index (χ0) is 24.8. The summed E-state index contributed by atoms with van der Waals surface area (Å²) in [4.78, 5) is 23.4. The summed E-state index contributed by atoms with van der Waals surface area (Å²) in [6, 6.07) is 3.50. The zero-order valence-electron chi connectivity index (χ0n) is 20.6.